The average Bonchev–Trinajstić information content (AvgIpc) is 2.41. The predicted octanol–water partition coefficient (Wildman–Crippen LogP) is 3.42. The second-order valence-corrected chi connectivity index (χ2v) is 4.53. The van der Waals surface area contributed by atoms with Gasteiger partial charge in [-0.1, -0.05) is 35.3 Å². The molecule has 0 aliphatic rings. The number of halogens is 2. The predicted molar refractivity (Wildman–Crippen MR) is 75.4 cm³/mol. The van der Waals surface area contributed by atoms with Crippen LogP contribution in [0.2, 0.25) is 10.0 Å². The lowest BCUT2D eigenvalue weighted by Gasteiger charge is -2.10. The smallest absolute Gasteiger partial charge is 0.338 e. The highest BCUT2D eigenvalue weighted by atomic mass is 35.5. The van der Waals surface area contributed by atoms with E-state index in [9.17, 15) is 4.79 Å². The normalized spacial score (nSPS) is 10.3. The number of hydrogen-bond donors (Lipinski definition) is 1. The van der Waals surface area contributed by atoms with E-state index in [1.807, 2.05) is 0 Å². The van der Waals surface area contributed by atoms with Gasteiger partial charge < -0.3 is 10.5 Å². The maximum absolute atomic E-state index is 11.8. The van der Waals surface area contributed by atoms with Gasteiger partial charge in [0.1, 0.15) is 5.82 Å². The van der Waals surface area contributed by atoms with Gasteiger partial charge in [0.15, 0.2) is 0 Å². The highest BCUT2D eigenvalue weighted by molar-refractivity contribution is 6.43. The summed E-state index contributed by atoms with van der Waals surface area (Å²) in [5.41, 5.74) is 7.00. The molecular formula is C13H10Cl2N2O2. The number of esters is 1. The molecule has 0 aliphatic heterocycles. The van der Waals surface area contributed by atoms with Crippen molar-refractivity contribution in [2.75, 3.05) is 12.8 Å². The number of pyridine rings is 1. The van der Waals surface area contributed by atoms with Crippen LogP contribution in [0.3, 0.4) is 0 Å². The number of hydrogen-bond acceptors (Lipinski definition) is 4. The Balaban J connectivity index is 2.68. The van der Waals surface area contributed by atoms with E-state index in [2.05, 4.69) is 4.98 Å². The summed E-state index contributed by atoms with van der Waals surface area (Å²) >= 11 is 12.1. The molecule has 0 radical (unpaired) electrons. The van der Waals surface area contributed by atoms with Gasteiger partial charge in [0.2, 0.25) is 0 Å². The number of anilines is 1. The van der Waals surface area contributed by atoms with Crippen molar-refractivity contribution in [3.63, 3.8) is 0 Å². The Bertz CT molecular complexity index is 645. The lowest BCUT2D eigenvalue weighted by Crippen LogP contribution is -2.06. The number of nitrogens with zero attached hydrogens (tertiary/aromatic N) is 1. The van der Waals surface area contributed by atoms with E-state index in [0.717, 1.165) is 0 Å². The minimum Gasteiger partial charge on any atom is -0.465 e. The molecule has 4 nitrogen and oxygen atoms in total. The number of benzene rings is 1. The third-order valence-electron chi connectivity index (χ3n) is 2.57. The maximum Gasteiger partial charge on any atom is 0.338 e. The van der Waals surface area contributed by atoms with Crippen molar-refractivity contribution in [1.82, 2.24) is 4.98 Å². The molecule has 98 valence electrons. The molecule has 2 aromatic rings. The summed E-state index contributed by atoms with van der Waals surface area (Å²) in [6.07, 6.45) is 1.47. The first-order valence-corrected chi connectivity index (χ1v) is 6.08. The molecule has 0 fully saturated rings. The summed E-state index contributed by atoms with van der Waals surface area (Å²) < 4.78 is 4.73. The Morgan fingerprint density at radius 2 is 2.05 bits per heavy atom. The molecule has 2 rings (SSSR count). The van der Waals surface area contributed by atoms with Crippen LogP contribution < -0.4 is 5.73 Å². The van der Waals surface area contributed by atoms with Crippen molar-refractivity contribution in [1.29, 1.82) is 0 Å². The Morgan fingerprint density at radius 1 is 1.32 bits per heavy atom. The van der Waals surface area contributed by atoms with Crippen LogP contribution in [0, 0.1) is 0 Å². The summed E-state index contributed by atoms with van der Waals surface area (Å²) in [5.74, 6) is -0.289. The molecule has 6 heteroatoms. The standard InChI is InChI=1S/C13H10Cl2N2O2/c1-19-13(18)8-5-11(16)17-6-9(8)7-3-2-4-10(14)12(7)15/h2-6H,1H3,(H2,16,17). The Labute approximate surface area is 120 Å². The number of aromatic nitrogens is 1. The van der Waals surface area contributed by atoms with Gasteiger partial charge in [-0.3, -0.25) is 0 Å². The average molecular weight is 297 g/mol. The molecule has 0 unspecified atom stereocenters. The van der Waals surface area contributed by atoms with Gasteiger partial charge in [-0.2, -0.15) is 0 Å². The molecule has 0 spiro atoms. The highest BCUT2D eigenvalue weighted by Crippen LogP contribution is 2.35. The third kappa shape index (κ3) is 2.64. The molecule has 0 aliphatic carbocycles. The van der Waals surface area contributed by atoms with E-state index >= 15 is 0 Å². The zero-order valence-electron chi connectivity index (χ0n) is 9.98. The minimum atomic E-state index is -0.514. The first-order chi connectivity index (χ1) is 9.04. The van der Waals surface area contributed by atoms with Crippen LogP contribution in [0.25, 0.3) is 11.1 Å². The molecule has 2 N–H and O–H groups in total. The second-order valence-electron chi connectivity index (χ2n) is 3.75. The van der Waals surface area contributed by atoms with Gasteiger partial charge >= 0.3 is 5.97 Å². The SMILES string of the molecule is COC(=O)c1cc(N)ncc1-c1cccc(Cl)c1Cl. The van der Waals surface area contributed by atoms with Crippen molar-refractivity contribution < 1.29 is 9.53 Å². The summed E-state index contributed by atoms with van der Waals surface area (Å²) in [7, 11) is 1.29. The van der Waals surface area contributed by atoms with Crippen molar-refractivity contribution in [3.8, 4) is 11.1 Å². The molecule has 0 saturated heterocycles. The monoisotopic (exact) mass is 296 g/mol. The zero-order valence-corrected chi connectivity index (χ0v) is 11.5. The molecule has 0 bridgehead atoms. The van der Waals surface area contributed by atoms with Crippen LogP contribution in [0.5, 0.6) is 0 Å². The molecule has 0 amide bonds. The molecule has 1 aromatic heterocycles. The van der Waals surface area contributed by atoms with Gasteiger partial charge in [-0.15, -0.1) is 0 Å². The van der Waals surface area contributed by atoms with Gasteiger partial charge in [-0.05, 0) is 12.1 Å². The topological polar surface area (TPSA) is 65.2 Å². The molecule has 1 heterocycles. The maximum atomic E-state index is 11.8. The number of carbonyl (C=O) groups is 1. The fourth-order valence-corrected chi connectivity index (χ4v) is 2.08. The van der Waals surface area contributed by atoms with Crippen LogP contribution in [0.4, 0.5) is 5.82 Å². The van der Waals surface area contributed by atoms with Crippen LogP contribution in [0.1, 0.15) is 10.4 Å². The highest BCUT2D eigenvalue weighted by Gasteiger charge is 2.17. The first kappa shape index (κ1) is 13.6. The van der Waals surface area contributed by atoms with Crippen LogP contribution in [-0.2, 0) is 4.74 Å². The largest absolute Gasteiger partial charge is 0.465 e. The van der Waals surface area contributed by atoms with Gasteiger partial charge in [0.25, 0.3) is 0 Å². The Morgan fingerprint density at radius 3 is 2.74 bits per heavy atom. The van der Waals surface area contributed by atoms with Gasteiger partial charge in [-0.25, -0.2) is 9.78 Å². The van der Waals surface area contributed by atoms with Crippen LogP contribution in [0.15, 0.2) is 30.5 Å². The summed E-state index contributed by atoms with van der Waals surface area (Å²) in [6.45, 7) is 0. The van der Waals surface area contributed by atoms with Crippen molar-refractivity contribution in [2.45, 2.75) is 0 Å². The van der Waals surface area contributed by atoms with E-state index in [4.69, 9.17) is 33.7 Å². The second kappa shape index (κ2) is 5.47. The molecule has 1 aromatic carbocycles. The van der Waals surface area contributed by atoms with E-state index in [1.54, 1.807) is 18.2 Å². The summed E-state index contributed by atoms with van der Waals surface area (Å²) in [6, 6.07) is 6.59. The van der Waals surface area contributed by atoms with Crippen molar-refractivity contribution in [2.24, 2.45) is 0 Å². The number of rotatable bonds is 2. The van der Waals surface area contributed by atoms with E-state index in [0.29, 0.717) is 26.7 Å². The Hall–Kier alpha value is -1.78. The van der Waals surface area contributed by atoms with E-state index in [-0.39, 0.29) is 5.82 Å². The van der Waals surface area contributed by atoms with Crippen LogP contribution in [-0.4, -0.2) is 18.1 Å². The number of carbonyl (C=O) groups excluding carboxylic acids is 1. The van der Waals surface area contributed by atoms with Gasteiger partial charge in [0, 0.05) is 17.3 Å². The van der Waals surface area contributed by atoms with Crippen LogP contribution >= 0.6 is 23.2 Å². The first-order valence-electron chi connectivity index (χ1n) is 5.32. The number of nitrogen functional groups attached to an aromatic ring is 1. The lowest BCUT2D eigenvalue weighted by atomic mass is 10.0. The number of nitrogens with two attached hydrogens (primary N) is 1. The van der Waals surface area contributed by atoms with Crippen molar-refractivity contribution >= 4 is 35.0 Å². The van der Waals surface area contributed by atoms with E-state index in [1.165, 1.54) is 19.4 Å². The number of ether oxygens (including phenoxy) is 1. The lowest BCUT2D eigenvalue weighted by molar-refractivity contribution is 0.0601. The quantitative estimate of drug-likeness (QED) is 0.862. The number of methoxy groups -OCH3 is 1. The third-order valence-corrected chi connectivity index (χ3v) is 3.39. The fourth-order valence-electron chi connectivity index (χ4n) is 1.68. The summed E-state index contributed by atoms with van der Waals surface area (Å²) in [4.78, 5) is 15.7. The van der Waals surface area contributed by atoms with E-state index < -0.39 is 5.97 Å². The zero-order chi connectivity index (χ0) is 14.0. The Kier molecular flexibility index (Phi) is 3.93. The summed E-state index contributed by atoms with van der Waals surface area (Å²) in [5, 5.41) is 0.743. The minimum absolute atomic E-state index is 0.224. The fraction of sp³-hybridized carbons (Fsp3) is 0.0769. The molecule has 19 heavy (non-hydrogen) atoms. The molecule has 0 saturated carbocycles. The molecule has 0 atom stereocenters. The van der Waals surface area contributed by atoms with Crippen molar-refractivity contribution in [3.05, 3.63) is 46.1 Å². The van der Waals surface area contributed by atoms with Gasteiger partial charge in [0.05, 0.1) is 22.7 Å². The molecular weight excluding hydrogens is 287 g/mol.